The van der Waals surface area contributed by atoms with Crippen LogP contribution >= 0.6 is 11.9 Å². The predicted octanol–water partition coefficient (Wildman–Crippen LogP) is 6.89. The molecule has 0 spiro atoms. The highest BCUT2D eigenvalue weighted by atomic mass is 32.2. The van der Waals surface area contributed by atoms with Gasteiger partial charge in [0.25, 0.3) is 0 Å². The maximum Gasteiger partial charge on any atom is 0.229 e. The van der Waals surface area contributed by atoms with Crippen LogP contribution in [0.5, 0.6) is 11.5 Å². The molecule has 3 aliphatic carbocycles. The number of rotatable bonds is 9. The number of fused-ring (bicyclic) bond motifs is 5. The van der Waals surface area contributed by atoms with Crippen molar-refractivity contribution in [2.45, 2.75) is 77.0 Å². The van der Waals surface area contributed by atoms with E-state index in [1.165, 1.54) is 16.7 Å². The first-order valence-electron chi connectivity index (χ1n) is 14.2. The first-order valence-corrected chi connectivity index (χ1v) is 15.2. The van der Waals surface area contributed by atoms with Crippen LogP contribution in [0.15, 0.2) is 42.5 Å². The molecule has 0 radical (unpaired) electrons. The van der Waals surface area contributed by atoms with Crippen LogP contribution in [0.2, 0.25) is 0 Å². The highest BCUT2D eigenvalue weighted by Gasteiger charge is 2.57. The van der Waals surface area contributed by atoms with Gasteiger partial charge in [0.05, 0.1) is 6.61 Å². The molecule has 204 valence electrons. The van der Waals surface area contributed by atoms with Gasteiger partial charge < -0.3 is 9.84 Å². The summed E-state index contributed by atoms with van der Waals surface area (Å²) in [6.07, 6.45) is 7.84. The largest absolute Gasteiger partial charge is 0.508 e. The highest BCUT2D eigenvalue weighted by Crippen LogP contribution is 2.64. The number of nitrogens with zero attached hydrogens (tertiary/aromatic N) is 1. The minimum Gasteiger partial charge on any atom is -0.508 e. The van der Waals surface area contributed by atoms with E-state index in [0.717, 1.165) is 62.9 Å². The highest BCUT2D eigenvalue weighted by molar-refractivity contribution is 7.97. The third kappa shape index (κ3) is 5.34. The van der Waals surface area contributed by atoms with E-state index in [0.29, 0.717) is 35.9 Å². The van der Waals surface area contributed by atoms with Gasteiger partial charge in [-0.2, -0.15) is 0 Å². The summed E-state index contributed by atoms with van der Waals surface area (Å²) >= 11 is 1.57. The molecule has 0 saturated heterocycles. The fraction of sp³-hybridized carbons (Fsp3) is 0.562. The van der Waals surface area contributed by atoms with Crippen LogP contribution in [0.3, 0.4) is 0 Å². The van der Waals surface area contributed by atoms with Crippen molar-refractivity contribution < 1.29 is 19.4 Å². The first kappa shape index (κ1) is 27.1. The Kier molecular flexibility index (Phi) is 8.08. The van der Waals surface area contributed by atoms with Gasteiger partial charge in [-0.25, -0.2) is 0 Å². The summed E-state index contributed by atoms with van der Waals surface area (Å²) in [6.45, 7) is 4.51. The Hall–Kier alpha value is -2.47. The Labute approximate surface area is 231 Å². The summed E-state index contributed by atoms with van der Waals surface area (Å²) in [5.74, 6) is 4.35. The van der Waals surface area contributed by atoms with Crippen molar-refractivity contribution in [2.24, 2.45) is 17.3 Å². The predicted molar refractivity (Wildman–Crippen MR) is 153 cm³/mol. The summed E-state index contributed by atoms with van der Waals surface area (Å²) < 4.78 is 7.73. The first-order chi connectivity index (χ1) is 18.3. The Bertz CT molecular complexity index is 1160. The molecule has 5 atom stereocenters. The SMILES string of the molecule is CC(=O)N(C)SCCCCCOc1ccc([C@H]2C[C@]3(C)C(=O)CC[C@H]3[C@@H]3CCc4cc(O)ccc4[C@H]32)cc1. The summed E-state index contributed by atoms with van der Waals surface area (Å²) in [5.41, 5.74) is 3.71. The molecule has 0 heterocycles. The second-order valence-corrected chi connectivity index (χ2v) is 12.9. The molecular formula is C32H41NO4S. The third-order valence-corrected chi connectivity index (χ3v) is 10.6. The smallest absolute Gasteiger partial charge is 0.229 e. The van der Waals surface area contributed by atoms with Crippen LogP contribution < -0.4 is 4.74 Å². The number of carbonyl (C=O) groups is 2. The van der Waals surface area contributed by atoms with E-state index in [1.807, 2.05) is 19.2 Å². The topological polar surface area (TPSA) is 66.8 Å². The second kappa shape index (κ2) is 11.3. The summed E-state index contributed by atoms with van der Waals surface area (Å²) in [6, 6.07) is 14.5. The Morgan fingerprint density at radius 3 is 2.66 bits per heavy atom. The molecular weight excluding hydrogens is 494 g/mol. The fourth-order valence-corrected chi connectivity index (χ4v) is 8.25. The monoisotopic (exact) mass is 535 g/mol. The van der Waals surface area contributed by atoms with E-state index >= 15 is 0 Å². The molecule has 2 aromatic carbocycles. The molecule has 6 heteroatoms. The van der Waals surface area contributed by atoms with Gasteiger partial charge >= 0.3 is 0 Å². The van der Waals surface area contributed by atoms with Crippen molar-refractivity contribution in [1.82, 2.24) is 4.31 Å². The molecule has 0 aromatic heterocycles. The molecule has 2 fully saturated rings. The van der Waals surface area contributed by atoms with Gasteiger partial charge in [0.15, 0.2) is 0 Å². The molecule has 0 unspecified atom stereocenters. The molecule has 1 amide bonds. The minimum absolute atomic E-state index is 0.0845. The lowest BCUT2D eigenvalue weighted by atomic mass is 9.51. The summed E-state index contributed by atoms with van der Waals surface area (Å²) in [5, 5.41) is 10.1. The maximum atomic E-state index is 13.1. The zero-order valence-corrected chi connectivity index (χ0v) is 23.8. The normalized spacial score (nSPS) is 27.8. The number of ketones is 1. The zero-order chi connectivity index (χ0) is 26.9. The van der Waals surface area contributed by atoms with Gasteiger partial charge in [-0.3, -0.25) is 13.9 Å². The van der Waals surface area contributed by atoms with Crippen molar-refractivity contribution in [1.29, 1.82) is 0 Å². The molecule has 38 heavy (non-hydrogen) atoms. The number of phenolic OH excluding ortho intramolecular Hbond substituents is 1. The number of phenols is 1. The Morgan fingerprint density at radius 1 is 1.11 bits per heavy atom. The van der Waals surface area contributed by atoms with E-state index in [9.17, 15) is 14.7 Å². The summed E-state index contributed by atoms with van der Waals surface area (Å²) in [4.78, 5) is 24.4. The number of ether oxygens (including phenoxy) is 1. The minimum atomic E-state index is -0.229. The number of hydrogen-bond donors (Lipinski definition) is 1. The number of hydrogen-bond acceptors (Lipinski definition) is 5. The molecule has 3 aliphatic rings. The van der Waals surface area contributed by atoms with Gasteiger partial charge in [0.1, 0.15) is 17.3 Å². The van der Waals surface area contributed by atoms with Gasteiger partial charge in [-0.1, -0.05) is 25.1 Å². The van der Waals surface area contributed by atoms with Crippen LogP contribution in [0.4, 0.5) is 0 Å². The van der Waals surface area contributed by atoms with Gasteiger partial charge in [-0.05, 0) is 122 Å². The van der Waals surface area contributed by atoms with Crippen LogP contribution in [0.1, 0.15) is 87.3 Å². The number of Topliss-reactive ketones (excluding diaryl/α,β-unsaturated/α-hetero) is 1. The lowest BCUT2D eigenvalue weighted by molar-refractivity contribution is -0.130. The van der Waals surface area contributed by atoms with Crippen molar-refractivity contribution >= 4 is 23.6 Å². The maximum absolute atomic E-state index is 13.1. The quantitative estimate of drug-likeness (QED) is 0.280. The number of benzene rings is 2. The van der Waals surface area contributed by atoms with Crippen molar-refractivity contribution in [3.05, 3.63) is 59.2 Å². The van der Waals surface area contributed by atoms with Crippen molar-refractivity contribution in [2.75, 3.05) is 19.4 Å². The van der Waals surface area contributed by atoms with Crippen molar-refractivity contribution in [3.63, 3.8) is 0 Å². The Balaban J connectivity index is 1.25. The van der Waals surface area contributed by atoms with E-state index in [1.54, 1.807) is 23.2 Å². The van der Waals surface area contributed by atoms with Crippen LogP contribution in [0.25, 0.3) is 0 Å². The van der Waals surface area contributed by atoms with Crippen LogP contribution in [-0.2, 0) is 16.0 Å². The van der Waals surface area contributed by atoms with E-state index in [-0.39, 0.29) is 17.2 Å². The molecule has 5 rings (SSSR count). The van der Waals surface area contributed by atoms with Gasteiger partial charge in [-0.15, -0.1) is 0 Å². The Morgan fingerprint density at radius 2 is 1.89 bits per heavy atom. The number of unbranched alkanes of at least 4 members (excludes halogenated alkanes) is 2. The number of aryl methyl sites for hydroxylation is 1. The molecule has 1 N–H and O–H groups in total. The number of amides is 1. The van der Waals surface area contributed by atoms with Crippen LogP contribution in [-0.4, -0.2) is 40.5 Å². The molecule has 0 aliphatic heterocycles. The lowest BCUT2D eigenvalue weighted by Gasteiger charge is -2.52. The fourth-order valence-electron chi connectivity index (χ4n) is 7.47. The molecule has 5 nitrogen and oxygen atoms in total. The average Bonchev–Trinajstić information content (AvgIpc) is 3.21. The van der Waals surface area contributed by atoms with E-state index in [4.69, 9.17) is 4.74 Å². The zero-order valence-electron chi connectivity index (χ0n) is 22.9. The molecule has 2 saturated carbocycles. The van der Waals surface area contributed by atoms with Crippen LogP contribution in [0, 0.1) is 17.3 Å². The molecule has 2 aromatic rings. The van der Waals surface area contributed by atoms with Crippen molar-refractivity contribution in [3.8, 4) is 11.5 Å². The van der Waals surface area contributed by atoms with Gasteiger partial charge in [0.2, 0.25) is 5.91 Å². The summed E-state index contributed by atoms with van der Waals surface area (Å²) in [7, 11) is 1.81. The third-order valence-electron chi connectivity index (χ3n) is 9.52. The second-order valence-electron chi connectivity index (χ2n) is 11.7. The van der Waals surface area contributed by atoms with E-state index in [2.05, 4.69) is 37.3 Å². The lowest BCUT2D eigenvalue weighted by Crippen LogP contribution is -2.45. The standard InChI is InChI=1S/C32H41NO4S/c1-21(34)33(3)38-18-6-4-5-17-37-25-11-7-22(8-12-25)28-20-32(2)29(15-16-30(32)36)27-13-9-23-19-24(35)10-14-26(23)31(27)28/h7-8,10-12,14,19,27-29,31,35H,4-6,9,13,15-18,20H2,1-3H3/t27-,28+,29-,31+,32-/m0/s1. The number of carbonyl (C=O) groups excluding carboxylic acids is 2. The number of aromatic hydroxyl groups is 1. The van der Waals surface area contributed by atoms with Gasteiger partial charge in [0, 0.05) is 31.6 Å². The average molecular weight is 536 g/mol. The molecule has 0 bridgehead atoms. The van der Waals surface area contributed by atoms with E-state index < -0.39 is 0 Å².